The minimum absolute atomic E-state index is 0.0528. The first-order valence-electron chi connectivity index (χ1n) is 7.91. The average Bonchev–Trinajstić information content (AvgIpc) is 3.22. The van der Waals surface area contributed by atoms with Crippen LogP contribution in [-0.2, 0) is 11.0 Å². The second-order valence-corrected chi connectivity index (χ2v) is 5.98. The van der Waals surface area contributed by atoms with Gasteiger partial charge in [-0.3, -0.25) is 4.90 Å². The second kappa shape index (κ2) is 8.17. The Hall–Kier alpha value is -2.63. The minimum Gasteiger partial charge on any atom is -0.475 e. The topological polar surface area (TPSA) is 79.5 Å². The first-order valence-corrected chi connectivity index (χ1v) is 7.91. The predicted octanol–water partition coefficient (Wildman–Crippen LogP) is 4.16. The van der Waals surface area contributed by atoms with Gasteiger partial charge in [-0.15, -0.1) is 0 Å². The fourth-order valence-electron chi connectivity index (χ4n) is 2.54. The van der Waals surface area contributed by atoms with Gasteiger partial charge >= 0.3 is 18.3 Å². The first-order chi connectivity index (χ1) is 12.9. The van der Waals surface area contributed by atoms with Crippen LogP contribution in [0.2, 0.25) is 0 Å². The normalized spacial score (nSPS) is 17.9. The Balaban J connectivity index is 0.000000345. The standard InChI is InChI=1S/C14H14F3N3O.C2HF3O2/c1-20-7-3-6-11(20)13-18-12(19-21-13)9-4-2-5-10(8-9)14(15,16)17;3-2(4,5)1(6)7/h2,4-5,8,11H,3,6-7H2,1H3;(H,6,7)/t11-;/m0./s1. The van der Waals surface area contributed by atoms with Gasteiger partial charge in [-0.2, -0.15) is 31.3 Å². The van der Waals surface area contributed by atoms with E-state index in [1.165, 1.54) is 6.07 Å². The lowest BCUT2D eigenvalue weighted by Gasteiger charge is -2.14. The van der Waals surface area contributed by atoms with Crippen LogP contribution in [0.3, 0.4) is 0 Å². The van der Waals surface area contributed by atoms with Crippen LogP contribution < -0.4 is 0 Å². The van der Waals surface area contributed by atoms with Gasteiger partial charge in [-0.1, -0.05) is 17.3 Å². The zero-order valence-corrected chi connectivity index (χ0v) is 14.4. The maximum Gasteiger partial charge on any atom is 0.490 e. The molecule has 2 aromatic rings. The van der Waals surface area contributed by atoms with Crippen molar-refractivity contribution in [1.82, 2.24) is 15.0 Å². The molecule has 0 amide bonds. The van der Waals surface area contributed by atoms with Crippen LogP contribution in [0, 0.1) is 0 Å². The molecule has 1 aromatic carbocycles. The molecule has 1 aromatic heterocycles. The van der Waals surface area contributed by atoms with Crippen molar-refractivity contribution in [2.24, 2.45) is 0 Å². The molecule has 1 N–H and O–H groups in total. The van der Waals surface area contributed by atoms with Crippen LogP contribution in [0.5, 0.6) is 0 Å². The van der Waals surface area contributed by atoms with Gasteiger partial charge in [0.1, 0.15) is 0 Å². The molecule has 1 aliphatic rings. The summed E-state index contributed by atoms with van der Waals surface area (Å²) in [6.45, 7) is 0.950. The van der Waals surface area contributed by atoms with Crippen LogP contribution in [0.25, 0.3) is 11.4 Å². The van der Waals surface area contributed by atoms with Gasteiger partial charge in [0, 0.05) is 5.56 Å². The Morgan fingerprint density at radius 3 is 2.39 bits per heavy atom. The molecule has 1 aliphatic heterocycles. The Morgan fingerprint density at radius 2 is 1.89 bits per heavy atom. The van der Waals surface area contributed by atoms with E-state index in [9.17, 15) is 26.3 Å². The number of benzene rings is 1. The highest BCUT2D eigenvalue weighted by Gasteiger charge is 2.38. The monoisotopic (exact) mass is 411 g/mol. The lowest BCUT2D eigenvalue weighted by atomic mass is 10.1. The molecule has 0 radical (unpaired) electrons. The number of hydrogen-bond donors (Lipinski definition) is 1. The Labute approximate surface area is 154 Å². The van der Waals surface area contributed by atoms with E-state index in [0.717, 1.165) is 31.5 Å². The number of hydrogen-bond acceptors (Lipinski definition) is 5. The quantitative estimate of drug-likeness (QED) is 0.748. The van der Waals surface area contributed by atoms with Crippen LogP contribution >= 0.6 is 0 Å². The molecule has 1 fully saturated rings. The SMILES string of the molecule is CN1CCC[C@H]1c1nc(-c2cccc(C(F)(F)F)c2)no1.O=C(O)C(F)(F)F. The number of carboxylic acids is 1. The van der Waals surface area contributed by atoms with Crippen molar-refractivity contribution in [3.63, 3.8) is 0 Å². The third-order valence-electron chi connectivity index (χ3n) is 3.94. The highest BCUT2D eigenvalue weighted by atomic mass is 19.4. The van der Waals surface area contributed by atoms with E-state index in [0.29, 0.717) is 11.5 Å². The predicted molar refractivity (Wildman–Crippen MR) is 83.0 cm³/mol. The number of halogens is 6. The minimum atomic E-state index is -5.08. The van der Waals surface area contributed by atoms with Crippen molar-refractivity contribution in [2.75, 3.05) is 13.6 Å². The van der Waals surface area contributed by atoms with Gasteiger partial charge in [-0.05, 0) is 38.6 Å². The van der Waals surface area contributed by atoms with E-state index in [1.54, 1.807) is 6.07 Å². The second-order valence-electron chi connectivity index (χ2n) is 5.98. The lowest BCUT2D eigenvalue weighted by molar-refractivity contribution is -0.192. The smallest absolute Gasteiger partial charge is 0.475 e. The third-order valence-corrected chi connectivity index (χ3v) is 3.94. The van der Waals surface area contributed by atoms with Crippen molar-refractivity contribution in [3.05, 3.63) is 35.7 Å². The Kier molecular flexibility index (Phi) is 6.32. The summed E-state index contributed by atoms with van der Waals surface area (Å²) in [6.07, 6.45) is -7.50. The van der Waals surface area contributed by atoms with Crippen LogP contribution in [0.4, 0.5) is 26.3 Å². The first kappa shape index (κ1) is 21.7. The van der Waals surface area contributed by atoms with E-state index >= 15 is 0 Å². The summed E-state index contributed by atoms with van der Waals surface area (Å²) in [6, 6.07) is 5.00. The Morgan fingerprint density at radius 1 is 1.25 bits per heavy atom. The van der Waals surface area contributed by atoms with E-state index in [2.05, 4.69) is 15.0 Å². The van der Waals surface area contributed by atoms with Crippen molar-refractivity contribution >= 4 is 5.97 Å². The van der Waals surface area contributed by atoms with Gasteiger partial charge in [0.05, 0.1) is 11.6 Å². The summed E-state index contributed by atoms with van der Waals surface area (Å²) >= 11 is 0. The molecular formula is C16H15F6N3O3. The highest BCUT2D eigenvalue weighted by Crippen LogP contribution is 2.33. The lowest BCUT2D eigenvalue weighted by Crippen LogP contribution is -2.21. The average molecular weight is 411 g/mol. The number of aromatic nitrogens is 2. The van der Waals surface area contributed by atoms with Gasteiger partial charge in [0.2, 0.25) is 11.7 Å². The third kappa shape index (κ3) is 5.44. The van der Waals surface area contributed by atoms with Crippen LogP contribution in [0.1, 0.15) is 30.3 Å². The van der Waals surface area contributed by atoms with Gasteiger partial charge in [-0.25, -0.2) is 4.79 Å². The molecule has 1 saturated heterocycles. The van der Waals surface area contributed by atoms with Gasteiger partial charge < -0.3 is 9.63 Å². The highest BCUT2D eigenvalue weighted by molar-refractivity contribution is 5.73. The van der Waals surface area contributed by atoms with Crippen LogP contribution in [-0.4, -0.2) is 45.9 Å². The van der Waals surface area contributed by atoms with Crippen molar-refractivity contribution in [2.45, 2.75) is 31.2 Å². The summed E-state index contributed by atoms with van der Waals surface area (Å²) in [7, 11) is 1.96. The molecule has 28 heavy (non-hydrogen) atoms. The van der Waals surface area contributed by atoms with Gasteiger partial charge in [0.15, 0.2) is 0 Å². The van der Waals surface area contributed by atoms with Crippen molar-refractivity contribution < 1.29 is 40.8 Å². The molecule has 6 nitrogen and oxygen atoms in total. The molecule has 154 valence electrons. The maximum absolute atomic E-state index is 12.7. The number of nitrogens with zero attached hydrogens (tertiary/aromatic N) is 3. The zero-order valence-electron chi connectivity index (χ0n) is 14.4. The molecule has 12 heteroatoms. The number of rotatable bonds is 2. The van der Waals surface area contributed by atoms with Crippen molar-refractivity contribution in [1.29, 1.82) is 0 Å². The maximum atomic E-state index is 12.7. The number of aliphatic carboxylic acids is 1. The molecule has 1 atom stereocenters. The molecule has 3 rings (SSSR count). The summed E-state index contributed by atoms with van der Waals surface area (Å²) in [5.74, 6) is -2.11. The fourth-order valence-corrected chi connectivity index (χ4v) is 2.54. The van der Waals surface area contributed by atoms with Crippen LogP contribution in [0.15, 0.2) is 28.8 Å². The molecule has 0 unspecified atom stereocenters. The number of carbonyl (C=O) groups is 1. The number of carboxylic acid groups (broad SMARTS) is 1. The summed E-state index contributed by atoms with van der Waals surface area (Å²) in [5, 5.41) is 10.9. The Bertz CT molecular complexity index is 818. The molecule has 2 heterocycles. The number of alkyl halides is 6. The van der Waals surface area contributed by atoms with E-state index < -0.39 is 23.9 Å². The van der Waals surface area contributed by atoms with E-state index in [4.69, 9.17) is 14.4 Å². The molecule has 0 spiro atoms. The molecule has 0 bridgehead atoms. The molecular weight excluding hydrogens is 396 g/mol. The largest absolute Gasteiger partial charge is 0.490 e. The summed E-state index contributed by atoms with van der Waals surface area (Å²) in [5.41, 5.74) is -0.412. The van der Waals surface area contributed by atoms with Crippen molar-refractivity contribution in [3.8, 4) is 11.4 Å². The number of likely N-dealkylation sites (tertiary alicyclic amines) is 1. The fraction of sp³-hybridized carbons (Fsp3) is 0.438. The summed E-state index contributed by atoms with van der Waals surface area (Å²) in [4.78, 5) is 15.2. The van der Waals surface area contributed by atoms with E-state index in [-0.39, 0.29) is 11.9 Å². The summed E-state index contributed by atoms with van der Waals surface area (Å²) < 4.78 is 75.1. The molecule has 0 saturated carbocycles. The molecule has 0 aliphatic carbocycles. The van der Waals surface area contributed by atoms with Gasteiger partial charge in [0.25, 0.3) is 0 Å². The zero-order chi connectivity index (χ0) is 21.1. The van der Waals surface area contributed by atoms with E-state index in [1.807, 2.05) is 7.05 Å².